The Kier molecular flexibility index (Phi) is 4.55. The van der Waals surface area contributed by atoms with Crippen LogP contribution < -0.4 is 0 Å². The fraction of sp³-hybridized carbons (Fsp3) is 0.0811. The summed E-state index contributed by atoms with van der Waals surface area (Å²) in [5.41, 5.74) is 8.86. The largest absolute Gasteiger partial charge is 0.278 e. The van der Waals surface area contributed by atoms with Gasteiger partial charge in [0, 0.05) is 47.5 Å². The van der Waals surface area contributed by atoms with Crippen molar-refractivity contribution >= 4 is 53.3 Å². The highest BCUT2D eigenvalue weighted by atomic mass is 32.1. The first-order valence-electron chi connectivity index (χ1n) is 14.0. The van der Waals surface area contributed by atoms with Crippen molar-refractivity contribution in [3.63, 3.8) is 0 Å². The highest BCUT2D eigenvalue weighted by Gasteiger charge is 2.39. The summed E-state index contributed by atoms with van der Waals surface area (Å²) < 4.78 is 4.87. The van der Waals surface area contributed by atoms with Crippen LogP contribution in [-0.2, 0) is 5.41 Å². The van der Waals surface area contributed by atoms with Crippen molar-refractivity contribution in [2.75, 3.05) is 0 Å². The van der Waals surface area contributed by atoms with E-state index in [-0.39, 0.29) is 5.41 Å². The third kappa shape index (κ3) is 3.08. The van der Waals surface area contributed by atoms with E-state index >= 15 is 0 Å². The first-order valence-corrected chi connectivity index (χ1v) is 14.8. The Balaban J connectivity index is 1.42. The molecule has 8 aromatic rings. The van der Waals surface area contributed by atoms with Gasteiger partial charge in [-0.2, -0.15) is 0 Å². The van der Waals surface area contributed by atoms with Gasteiger partial charge in [-0.25, -0.2) is 9.97 Å². The fourth-order valence-electron chi connectivity index (χ4n) is 6.84. The third-order valence-electron chi connectivity index (χ3n) is 8.78. The molecule has 0 fully saturated rings. The van der Waals surface area contributed by atoms with Crippen LogP contribution in [0.5, 0.6) is 0 Å². The van der Waals surface area contributed by atoms with Crippen LogP contribution >= 0.6 is 11.3 Å². The van der Waals surface area contributed by atoms with Gasteiger partial charge in [0.15, 0.2) is 0 Å². The van der Waals surface area contributed by atoms with E-state index < -0.39 is 0 Å². The van der Waals surface area contributed by atoms with E-state index in [2.05, 4.69) is 134 Å². The zero-order valence-electron chi connectivity index (χ0n) is 22.7. The van der Waals surface area contributed by atoms with E-state index in [1.54, 1.807) is 0 Å². The molecule has 41 heavy (non-hydrogen) atoms. The predicted octanol–water partition coefficient (Wildman–Crippen LogP) is 9.91. The summed E-state index contributed by atoms with van der Waals surface area (Å²) in [5, 5.41) is 5.06. The molecule has 194 valence electrons. The summed E-state index contributed by atoms with van der Waals surface area (Å²) in [6, 6.07) is 41.3. The van der Waals surface area contributed by atoms with Gasteiger partial charge in [0.1, 0.15) is 0 Å². The molecule has 0 N–H and O–H groups in total. The molecule has 0 unspecified atom stereocenters. The number of benzene rings is 5. The average molecular weight is 544 g/mol. The van der Waals surface area contributed by atoms with Crippen molar-refractivity contribution in [1.29, 1.82) is 0 Å². The van der Waals surface area contributed by atoms with Crippen molar-refractivity contribution in [3.05, 3.63) is 127 Å². The summed E-state index contributed by atoms with van der Waals surface area (Å²) >= 11 is 1.85. The van der Waals surface area contributed by atoms with Crippen LogP contribution in [-0.4, -0.2) is 14.5 Å². The molecule has 0 bridgehead atoms. The van der Waals surface area contributed by atoms with Crippen molar-refractivity contribution in [3.8, 4) is 28.3 Å². The Labute approximate surface area is 241 Å². The van der Waals surface area contributed by atoms with Crippen molar-refractivity contribution in [2.45, 2.75) is 19.3 Å². The molecule has 3 heterocycles. The molecule has 0 radical (unpaired) electrons. The van der Waals surface area contributed by atoms with E-state index in [0.717, 1.165) is 39.5 Å². The van der Waals surface area contributed by atoms with Crippen molar-refractivity contribution in [2.24, 2.45) is 0 Å². The molecule has 1 aliphatic rings. The molecule has 4 heteroatoms. The molecule has 5 aromatic carbocycles. The predicted molar refractivity (Wildman–Crippen MR) is 172 cm³/mol. The highest BCUT2D eigenvalue weighted by Crippen LogP contribution is 2.51. The maximum atomic E-state index is 5.43. The highest BCUT2D eigenvalue weighted by molar-refractivity contribution is 7.25. The van der Waals surface area contributed by atoms with Crippen LogP contribution in [0.3, 0.4) is 0 Å². The maximum absolute atomic E-state index is 5.43. The minimum absolute atomic E-state index is 0.245. The SMILES string of the molecule is CC1(C)c2ccccc2-c2c(-c3ccccc3)nc(-n3c4ccccc4c4cc5c(cc43)sc3ccccc35)nc21. The number of thiophene rings is 1. The monoisotopic (exact) mass is 543 g/mol. The Hall–Kier alpha value is -4.80. The van der Waals surface area contributed by atoms with E-state index in [4.69, 9.17) is 9.97 Å². The normalized spacial score (nSPS) is 13.8. The van der Waals surface area contributed by atoms with E-state index in [9.17, 15) is 0 Å². The summed E-state index contributed by atoms with van der Waals surface area (Å²) in [7, 11) is 0. The standard InChI is InChI=1S/C37H25N3S/c1-37(2)28-17-9-6-16-25(28)33-34(22-12-4-3-5-13-22)38-36(39-35(33)37)40-29-18-10-7-14-23(29)26-20-27-24-15-8-11-19-31(24)41-32(27)21-30(26)40/h3-21H,1-2H3. The Bertz CT molecular complexity index is 2340. The Morgan fingerprint density at radius 2 is 1.34 bits per heavy atom. The average Bonchev–Trinajstić information content (AvgIpc) is 3.61. The summed E-state index contributed by atoms with van der Waals surface area (Å²) in [4.78, 5) is 10.8. The molecule has 0 amide bonds. The van der Waals surface area contributed by atoms with Gasteiger partial charge in [0.25, 0.3) is 0 Å². The molecule has 0 saturated heterocycles. The lowest BCUT2D eigenvalue weighted by Crippen LogP contribution is -2.18. The van der Waals surface area contributed by atoms with E-state index in [1.165, 1.54) is 42.1 Å². The quantitative estimate of drug-likeness (QED) is 0.217. The van der Waals surface area contributed by atoms with Gasteiger partial charge in [-0.15, -0.1) is 11.3 Å². The minimum atomic E-state index is -0.245. The van der Waals surface area contributed by atoms with Gasteiger partial charge in [-0.1, -0.05) is 105 Å². The van der Waals surface area contributed by atoms with Crippen LogP contribution in [0.25, 0.3) is 70.3 Å². The number of fused-ring (bicyclic) bond motifs is 9. The van der Waals surface area contributed by atoms with Gasteiger partial charge >= 0.3 is 0 Å². The van der Waals surface area contributed by atoms with Crippen molar-refractivity contribution in [1.82, 2.24) is 14.5 Å². The fourth-order valence-corrected chi connectivity index (χ4v) is 7.96. The molecule has 1 aliphatic carbocycles. The molecule has 3 nitrogen and oxygen atoms in total. The van der Waals surface area contributed by atoms with Crippen molar-refractivity contribution < 1.29 is 0 Å². The Morgan fingerprint density at radius 1 is 0.610 bits per heavy atom. The number of aromatic nitrogens is 3. The second kappa shape index (κ2) is 8.12. The topological polar surface area (TPSA) is 30.7 Å². The zero-order valence-corrected chi connectivity index (χ0v) is 23.5. The molecule has 0 saturated carbocycles. The number of rotatable bonds is 2. The van der Waals surface area contributed by atoms with Gasteiger partial charge in [-0.3, -0.25) is 4.57 Å². The molecular weight excluding hydrogens is 518 g/mol. The molecule has 0 aliphatic heterocycles. The summed E-state index contributed by atoms with van der Waals surface area (Å²) in [6.45, 7) is 4.58. The van der Waals surface area contributed by atoms with Crippen LogP contribution in [0.1, 0.15) is 25.1 Å². The molecule has 0 atom stereocenters. The van der Waals surface area contributed by atoms with Gasteiger partial charge < -0.3 is 0 Å². The second-order valence-corrected chi connectivity index (χ2v) is 12.5. The summed E-state index contributed by atoms with van der Waals surface area (Å²) in [6.07, 6.45) is 0. The van der Waals surface area contributed by atoms with Gasteiger partial charge in [-0.05, 0) is 35.4 Å². The molecule has 3 aromatic heterocycles. The second-order valence-electron chi connectivity index (χ2n) is 11.4. The van der Waals surface area contributed by atoms with Crippen LogP contribution in [0.15, 0.2) is 115 Å². The van der Waals surface area contributed by atoms with Crippen LogP contribution in [0.2, 0.25) is 0 Å². The molecular formula is C37H25N3S. The van der Waals surface area contributed by atoms with Gasteiger partial charge in [0.05, 0.1) is 22.4 Å². The first-order chi connectivity index (χ1) is 20.1. The van der Waals surface area contributed by atoms with Gasteiger partial charge in [0.2, 0.25) is 5.95 Å². The lowest BCUT2D eigenvalue weighted by molar-refractivity contribution is 0.632. The smallest absolute Gasteiger partial charge is 0.235 e. The van der Waals surface area contributed by atoms with E-state index in [1.807, 2.05) is 11.3 Å². The van der Waals surface area contributed by atoms with Crippen LogP contribution in [0.4, 0.5) is 0 Å². The number of hydrogen-bond acceptors (Lipinski definition) is 3. The maximum Gasteiger partial charge on any atom is 0.235 e. The number of nitrogens with zero attached hydrogens (tertiary/aromatic N) is 3. The molecule has 9 rings (SSSR count). The number of hydrogen-bond donors (Lipinski definition) is 0. The Morgan fingerprint density at radius 3 is 2.22 bits per heavy atom. The lowest BCUT2D eigenvalue weighted by Gasteiger charge is -2.21. The van der Waals surface area contributed by atoms with E-state index in [0.29, 0.717) is 0 Å². The summed E-state index contributed by atoms with van der Waals surface area (Å²) in [5.74, 6) is 0.718. The number of para-hydroxylation sites is 1. The minimum Gasteiger partial charge on any atom is -0.278 e. The molecule has 0 spiro atoms. The van der Waals surface area contributed by atoms with Crippen LogP contribution in [0, 0.1) is 0 Å². The third-order valence-corrected chi connectivity index (χ3v) is 9.91. The zero-order chi connectivity index (χ0) is 27.3. The first kappa shape index (κ1) is 23.0. The lowest BCUT2D eigenvalue weighted by atomic mass is 9.85.